The Labute approximate surface area is 105 Å². The third kappa shape index (κ3) is 3.05. The number of halogens is 2. The number of nitrogens with zero attached hydrogens (tertiary/aromatic N) is 1. The van der Waals surface area contributed by atoms with Crippen LogP contribution in [0.5, 0.6) is 0 Å². The van der Waals surface area contributed by atoms with Crippen molar-refractivity contribution >= 4 is 15.9 Å². The molecule has 1 aromatic rings. The highest BCUT2D eigenvalue weighted by Gasteiger charge is 2.34. The molecule has 1 aliphatic rings. The normalized spacial score (nSPS) is 26.9. The second-order valence-electron chi connectivity index (χ2n) is 4.80. The van der Waals surface area contributed by atoms with Crippen molar-refractivity contribution in [2.75, 3.05) is 20.1 Å². The summed E-state index contributed by atoms with van der Waals surface area (Å²) in [6.07, 6.45) is 2.17. The molecule has 1 saturated heterocycles. The zero-order chi connectivity index (χ0) is 11.6. The molecule has 2 rings (SSSR count). The van der Waals surface area contributed by atoms with Gasteiger partial charge in [-0.2, -0.15) is 0 Å². The summed E-state index contributed by atoms with van der Waals surface area (Å²) >= 11 is 3.42. The molecule has 0 amide bonds. The molecule has 0 aromatic heterocycles. The molecule has 3 heteroatoms. The Morgan fingerprint density at radius 3 is 3.00 bits per heavy atom. The van der Waals surface area contributed by atoms with Crippen molar-refractivity contribution in [2.24, 2.45) is 0 Å². The van der Waals surface area contributed by atoms with Crippen LogP contribution in [0.1, 0.15) is 18.4 Å². The molecule has 1 aliphatic heterocycles. The van der Waals surface area contributed by atoms with E-state index < -0.39 is 5.67 Å². The zero-order valence-corrected chi connectivity index (χ0v) is 11.1. The maximum atomic E-state index is 14.6. The van der Waals surface area contributed by atoms with Crippen LogP contribution in [0.25, 0.3) is 0 Å². The van der Waals surface area contributed by atoms with Gasteiger partial charge in [-0.05, 0) is 44.1 Å². The lowest BCUT2D eigenvalue weighted by Gasteiger charge is -2.35. The highest BCUT2D eigenvalue weighted by Crippen LogP contribution is 2.29. The zero-order valence-electron chi connectivity index (χ0n) is 9.55. The molecule has 16 heavy (non-hydrogen) atoms. The highest BCUT2D eigenvalue weighted by molar-refractivity contribution is 9.10. The Balaban J connectivity index is 2.08. The summed E-state index contributed by atoms with van der Waals surface area (Å²) in [6, 6.07) is 7.95. The fourth-order valence-electron chi connectivity index (χ4n) is 2.46. The fraction of sp³-hybridized carbons (Fsp3) is 0.538. The number of alkyl halides is 1. The molecule has 0 spiro atoms. The van der Waals surface area contributed by atoms with Crippen molar-refractivity contribution in [3.8, 4) is 0 Å². The number of likely N-dealkylation sites (tertiary alicyclic amines) is 1. The van der Waals surface area contributed by atoms with Crippen LogP contribution in [0, 0.1) is 0 Å². The molecule has 1 nitrogen and oxygen atoms in total. The van der Waals surface area contributed by atoms with Crippen LogP contribution in [0.4, 0.5) is 4.39 Å². The van der Waals surface area contributed by atoms with Gasteiger partial charge in [0, 0.05) is 17.4 Å². The molecule has 1 fully saturated rings. The van der Waals surface area contributed by atoms with E-state index in [1.165, 1.54) is 0 Å². The van der Waals surface area contributed by atoms with Crippen LogP contribution in [0.3, 0.4) is 0 Å². The van der Waals surface area contributed by atoms with E-state index in [-0.39, 0.29) is 0 Å². The lowest BCUT2D eigenvalue weighted by atomic mass is 9.88. The number of hydrogen-bond acceptors (Lipinski definition) is 1. The summed E-state index contributed by atoms with van der Waals surface area (Å²) < 4.78 is 15.6. The fourth-order valence-corrected chi connectivity index (χ4v) is 2.91. The summed E-state index contributed by atoms with van der Waals surface area (Å²) in [5, 5.41) is 0. The van der Waals surface area contributed by atoms with E-state index in [4.69, 9.17) is 0 Å². The van der Waals surface area contributed by atoms with Crippen LogP contribution >= 0.6 is 15.9 Å². The predicted molar refractivity (Wildman–Crippen MR) is 68.4 cm³/mol. The molecular formula is C13H17BrFN. The first-order chi connectivity index (χ1) is 7.57. The van der Waals surface area contributed by atoms with E-state index in [0.29, 0.717) is 19.4 Å². The Bertz CT molecular complexity index is 369. The third-order valence-corrected chi connectivity index (χ3v) is 3.62. The van der Waals surface area contributed by atoms with Gasteiger partial charge in [-0.3, -0.25) is 0 Å². The molecule has 1 heterocycles. The molecule has 1 atom stereocenters. The Morgan fingerprint density at radius 1 is 1.50 bits per heavy atom. The van der Waals surface area contributed by atoms with Crippen LogP contribution in [0.15, 0.2) is 28.7 Å². The lowest BCUT2D eigenvalue weighted by molar-refractivity contribution is 0.0590. The van der Waals surface area contributed by atoms with Gasteiger partial charge >= 0.3 is 0 Å². The van der Waals surface area contributed by atoms with Crippen molar-refractivity contribution in [3.63, 3.8) is 0 Å². The minimum Gasteiger partial charge on any atom is -0.303 e. The monoisotopic (exact) mass is 285 g/mol. The average Bonchev–Trinajstić information content (AvgIpc) is 2.16. The van der Waals surface area contributed by atoms with Crippen LogP contribution in [0.2, 0.25) is 0 Å². The maximum Gasteiger partial charge on any atom is 0.127 e. The van der Waals surface area contributed by atoms with Crippen LogP contribution in [-0.4, -0.2) is 30.7 Å². The van der Waals surface area contributed by atoms with Gasteiger partial charge in [0.15, 0.2) is 0 Å². The Hall–Kier alpha value is -0.410. The first-order valence-corrected chi connectivity index (χ1v) is 6.49. The number of piperidine rings is 1. The molecule has 1 unspecified atom stereocenters. The standard InChI is InChI=1S/C13H17BrFN/c1-16-7-3-6-13(15,10-16)9-11-4-2-5-12(14)8-11/h2,4-5,8H,3,6-7,9-10H2,1H3. The summed E-state index contributed by atoms with van der Waals surface area (Å²) in [6.45, 7) is 1.57. The van der Waals surface area contributed by atoms with Gasteiger partial charge in [0.2, 0.25) is 0 Å². The molecule has 0 bridgehead atoms. The van der Waals surface area contributed by atoms with Crippen molar-refractivity contribution in [3.05, 3.63) is 34.3 Å². The van der Waals surface area contributed by atoms with Crippen LogP contribution < -0.4 is 0 Å². The summed E-state index contributed by atoms with van der Waals surface area (Å²) in [7, 11) is 1.99. The van der Waals surface area contributed by atoms with E-state index in [9.17, 15) is 4.39 Å². The number of hydrogen-bond donors (Lipinski definition) is 0. The number of benzene rings is 1. The summed E-state index contributed by atoms with van der Waals surface area (Å²) in [4.78, 5) is 2.08. The first kappa shape index (κ1) is 12.1. The van der Waals surface area contributed by atoms with Crippen molar-refractivity contribution in [2.45, 2.75) is 24.9 Å². The quantitative estimate of drug-likeness (QED) is 0.805. The average molecular weight is 286 g/mol. The molecule has 0 aliphatic carbocycles. The first-order valence-electron chi connectivity index (χ1n) is 5.69. The van der Waals surface area contributed by atoms with Gasteiger partial charge in [-0.1, -0.05) is 28.1 Å². The van der Waals surface area contributed by atoms with E-state index >= 15 is 0 Å². The summed E-state index contributed by atoms with van der Waals surface area (Å²) in [5.74, 6) is 0. The molecule has 1 aromatic carbocycles. The van der Waals surface area contributed by atoms with Gasteiger partial charge in [-0.25, -0.2) is 4.39 Å². The SMILES string of the molecule is CN1CCCC(F)(Cc2cccc(Br)c2)C1. The Kier molecular flexibility index (Phi) is 3.65. The molecular weight excluding hydrogens is 269 g/mol. The Morgan fingerprint density at radius 2 is 2.31 bits per heavy atom. The largest absolute Gasteiger partial charge is 0.303 e. The van der Waals surface area contributed by atoms with E-state index in [2.05, 4.69) is 20.8 Å². The minimum absolute atomic E-state index is 0.525. The highest BCUT2D eigenvalue weighted by atomic mass is 79.9. The van der Waals surface area contributed by atoms with Gasteiger partial charge in [0.25, 0.3) is 0 Å². The molecule has 0 N–H and O–H groups in total. The van der Waals surface area contributed by atoms with Gasteiger partial charge < -0.3 is 4.90 Å². The molecule has 0 radical (unpaired) electrons. The number of rotatable bonds is 2. The van der Waals surface area contributed by atoms with Crippen LogP contribution in [-0.2, 0) is 6.42 Å². The van der Waals surface area contributed by atoms with E-state index in [1.807, 2.05) is 31.3 Å². The molecule has 0 saturated carbocycles. The van der Waals surface area contributed by atoms with Crippen molar-refractivity contribution < 1.29 is 4.39 Å². The van der Waals surface area contributed by atoms with Gasteiger partial charge in [-0.15, -0.1) is 0 Å². The smallest absolute Gasteiger partial charge is 0.127 e. The van der Waals surface area contributed by atoms with Crippen molar-refractivity contribution in [1.29, 1.82) is 0 Å². The van der Waals surface area contributed by atoms with E-state index in [1.54, 1.807) is 0 Å². The lowest BCUT2D eigenvalue weighted by Crippen LogP contribution is -2.44. The second-order valence-corrected chi connectivity index (χ2v) is 5.71. The van der Waals surface area contributed by atoms with Crippen molar-refractivity contribution in [1.82, 2.24) is 4.90 Å². The van der Waals surface area contributed by atoms with Gasteiger partial charge in [0.05, 0.1) is 0 Å². The van der Waals surface area contributed by atoms with Gasteiger partial charge in [0.1, 0.15) is 5.67 Å². The predicted octanol–water partition coefficient (Wildman–Crippen LogP) is 3.43. The second kappa shape index (κ2) is 4.84. The third-order valence-electron chi connectivity index (χ3n) is 3.13. The topological polar surface area (TPSA) is 3.24 Å². The minimum atomic E-state index is -1.05. The molecule has 88 valence electrons. The van der Waals surface area contributed by atoms with E-state index in [0.717, 1.165) is 23.0 Å². The maximum absolute atomic E-state index is 14.6. The summed E-state index contributed by atoms with van der Waals surface area (Å²) in [5.41, 5.74) is 0.0283.